The molecule has 0 bridgehead atoms. The number of halogens is 1. The van der Waals surface area contributed by atoms with Gasteiger partial charge in [0.25, 0.3) is 0 Å². The Bertz CT molecular complexity index is 3600. The van der Waals surface area contributed by atoms with Crippen molar-refractivity contribution in [2.45, 2.75) is 202 Å². The number of ether oxygens (including phenoxy) is 9. The highest BCUT2D eigenvalue weighted by Crippen LogP contribution is 2.39. The molecule has 1 saturated carbocycles. The lowest BCUT2D eigenvalue weighted by Crippen LogP contribution is -2.52. The summed E-state index contributed by atoms with van der Waals surface area (Å²) in [6.07, 6.45) is 9.63. The maximum atomic E-state index is 12.4. The van der Waals surface area contributed by atoms with Crippen molar-refractivity contribution < 1.29 is 114 Å². The van der Waals surface area contributed by atoms with Crippen LogP contribution >= 0.6 is 22.6 Å². The monoisotopic (exact) mass is 1690 g/mol. The molecule has 3 aliphatic rings. The molecule has 29 nitrogen and oxygen atoms in total. The molecule has 2 amide bonds. The summed E-state index contributed by atoms with van der Waals surface area (Å²) >= 11 is 2.11. The second-order valence-electron chi connectivity index (χ2n) is 28.8. The third kappa shape index (κ3) is 46.3. The first kappa shape index (κ1) is 103. The van der Waals surface area contributed by atoms with Crippen molar-refractivity contribution in [2.75, 3.05) is 68.3 Å². The molecule has 5 aromatic rings. The molecule has 1 aliphatic carbocycles. The fourth-order valence-corrected chi connectivity index (χ4v) is 11.3. The van der Waals surface area contributed by atoms with Gasteiger partial charge in [-0.05, 0) is 215 Å². The average molecular weight is 1690 g/mol. The molecule has 2 aromatic heterocycles. The largest absolute Gasteiger partial charge is 0.519 e. The van der Waals surface area contributed by atoms with E-state index in [1.165, 1.54) is 90.6 Å². The van der Waals surface area contributed by atoms with E-state index in [1.807, 2.05) is 108 Å². The van der Waals surface area contributed by atoms with Crippen molar-refractivity contribution in [1.29, 1.82) is 0 Å². The highest BCUT2D eigenvalue weighted by Gasteiger charge is 2.42. The van der Waals surface area contributed by atoms with Gasteiger partial charge >= 0.3 is 65.9 Å². The minimum Gasteiger partial charge on any atom is -0.467 e. The molecule has 32 heteroatoms. The summed E-state index contributed by atoms with van der Waals surface area (Å²) < 4.78 is 76.2. The lowest BCUT2D eigenvalue weighted by molar-refractivity contribution is -0.149. The second-order valence-corrected chi connectivity index (χ2v) is 30.9. The zero-order chi connectivity index (χ0) is 84.9. The number of likely N-dealkylation sites (tertiary alicyclic amines) is 2. The van der Waals surface area contributed by atoms with Crippen molar-refractivity contribution in [3.05, 3.63) is 148 Å². The lowest BCUT2D eigenvalue weighted by Gasteiger charge is -2.41. The highest BCUT2D eigenvalue weighted by molar-refractivity contribution is 14.1. The number of esters is 4. The van der Waals surface area contributed by atoms with Crippen LogP contribution in [0.3, 0.4) is 0 Å². The zero-order valence-electron chi connectivity index (χ0n) is 68.0. The number of hydrogen-bond acceptors (Lipinski definition) is 25. The van der Waals surface area contributed by atoms with Crippen LogP contribution in [0.2, 0.25) is 0 Å². The van der Waals surface area contributed by atoms with E-state index in [2.05, 4.69) is 84.6 Å². The SMILES string of the molecule is CC(C)(C)OC(=O)OC(=O)OC(C)(C)C.CCN(CC)CC.CO.COC(=O)C1CC(C2CCCCC2)CCN1C(=O)OC(C)(C)C.COC(=O)C1CC(c2ccccc2)CCN1C(=O)OC(C)(C)C.COC(=O)c1cc(-c2ccccc2)ccn1.COC(=O)c1cc(I)ccn1.O=S(=O)(O)O.OB(O)c1ccccc1. The summed E-state index contributed by atoms with van der Waals surface area (Å²) in [6, 6.07) is 34.5. The quantitative estimate of drug-likeness (QED) is 0.0205. The molecule has 3 aromatic carbocycles. The molecule has 4 atom stereocenters. The van der Waals surface area contributed by atoms with E-state index in [-0.39, 0.29) is 11.9 Å². The number of hydrogen-bond donors (Lipinski definition) is 5. The summed E-state index contributed by atoms with van der Waals surface area (Å²) in [4.78, 5) is 107. The summed E-state index contributed by atoms with van der Waals surface area (Å²) in [7, 11) is 0.413. The van der Waals surface area contributed by atoms with Gasteiger partial charge < -0.3 is 62.7 Å². The number of pyridine rings is 2. The van der Waals surface area contributed by atoms with Crippen molar-refractivity contribution in [3.8, 4) is 11.1 Å². The van der Waals surface area contributed by atoms with Gasteiger partial charge in [-0.1, -0.05) is 144 Å². The van der Waals surface area contributed by atoms with E-state index in [1.54, 1.807) is 95.2 Å². The number of piperidine rings is 2. The Hall–Kier alpha value is -8.38. The molecule has 4 heterocycles. The molecule has 620 valence electrons. The summed E-state index contributed by atoms with van der Waals surface area (Å²) in [5.74, 6) is -0.0945. The number of nitrogens with zero attached hydrogens (tertiary/aromatic N) is 5. The number of aromatic nitrogens is 2. The first-order valence-corrected chi connectivity index (χ1v) is 38.7. The fourth-order valence-electron chi connectivity index (χ4n) is 10.8. The molecule has 8 rings (SSSR count). The van der Waals surface area contributed by atoms with Gasteiger partial charge in [0, 0.05) is 36.2 Å². The first-order valence-electron chi connectivity index (χ1n) is 36.2. The van der Waals surface area contributed by atoms with Crippen molar-refractivity contribution >= 4 is 93.9 Å². The van der Waals surface area contributed by atoms with Crippen molar-refractivity contribution in [3.63, 3.8) is 0 Å². The number of aliphatic hydroxyl groups is 1. The summed E-state index contributed by atoms with van der Waals surface area (Å²) in [5.41, 5.74) is 1.85. The normalized spacial score (nSPS) is 15.9. The van der Waals surface area contributed by atoms with Crippen LogP contribution in [0.1, 0.15) is 194 Å². The van der Waals surface area contributed by atoms with E-state index in [0.717, 1.165) is 34.6 Å². The smallest absolute Gasteiger partial charge is 0.467 e. The van der Waals surface area contributed by atoms with Crippen LogP contribution in [0.15, 0.2) is 128 Å². The number of aliphatic hydroxyl groups excluding tert-OH is 1. The molecule has 3 fully saturated rings. The Kier molecular flexibility index (Phi) is 48.8. The highest BCUT2D eigenvalue weighted by atomic mass is 127. The van der Waals surface area contributed by atoms with Crippen LogP contribution in [0.25, 0.3) is 11.1 Å². The van der Waals surface area contributed by atoms with E-state index >= 15 is 0 Å². The van der Waals surface area contributed by atoms with Gasteiger partial charge in [0.15, 0.2) is 0 Å². The maximum Gasteiger partial charge on any atom is 0.519 e. The number of benzene rings is 3. The molecular weight excluding hydrogens is 1570 g/mol. The minimum atomic E-state index is -4.67. The fraction of sp³-hybridized carbons (Fsp3) is 0.544. The van der Waals surface area contributed by atoms with Gasteiger partial charge in [-0.3, -0.25) is 18.9 Å². The molecule has 2 saturated heterocycles. The average Bonchev–Trinajstić information content (AvgIpc) is 0.812. The van der Waals surface area contributed by atoms with E-state index in [4.69, 9.17) is 61.1 Å². The summed E-state index contributed by atoms with van der Waals surface area (Å²) in [6.45, 7) is 32.2. The van der Waals surface area contributed by atoms with Crippen LogP contribution < -0.4 is 5.46 Å². The Morgan fingerprint density at radius 1 is 0.505 bits per heavy atom. The second kappa shape index (κ2) is 52.8. The maximum absolute atomic E-state index is 12.4. The van der Waals surface area contributed by atoms with Crippen LogP contribution in [0, 0.1) is 15.4 Å². The molecule has 2 aliphatic heterocycles. The molecule has 4 unspecified atom stereocenters. The zero-order valence-corrected chi connectivity index (χ0v) is 71.0. The van der Waals surface area contributed by atoms with E-state index < -0.39 is 94.4 Å². The molecular formula is C79H119BIN5O24S. The van der Waals surface area contributed by atoms with Gasteiger partial charge in [-0.2, -0.15) is 8.42 Å². The van der Waals surface area contributed by atoms with Gasteiger partial charge in [0.1, 0.15) is 45.9 Å². The Labute approximate surface area is 670 Å². The first-order chi connectivity index (χ1) is 51.8. The van der Waals surface area contributed by atoms with Crippen molar-refractivity contribution in [1.82, 2.24) is 24.7 Å². The predicted octanol–water partition coefficient (Wildman–Crippen LogP) is 13.6. The standard InChI is InChI=1S/C18H31NO4.C18H25NO4.C13H11NO2.C10H18O5.C7H6INO2.C6H7BO2.C6H15N.CH4O.H2O4S/c2*1-18(2,3)23-17(21)19-11-10-14(12-15(19)16(20)22-4)13-8-6-5-7-9-13;1-16-13(15)12-9-11(7-8-14-12)10-5-3-2-4-6-10;1-9(2,3)14-7(11)13-8(12)15-10(4,5)6;1-11-7(10)6-4-5(8)2-3-9-6;8-7(9)6-4-2-1-3-5-6;1-4-7(5-2)6-3;1-2;1-5(2,3)4/h13-15H,5-12H2,1-4H3;5-9,14-15H,10-12H2,1-4H3;2-9H,1H3;1-6H3;2-4H,1H3;1-5,8-9H;4-6H2,1-3H3;2H,1H3;(H2,1,2,3,4). The number of methoxy groups -OCH3 is 4. The number of rotatable bonds is 11. The predicted molar refractivity (Wildman–Crippen MR) is 430 cm³/mol. The van der Waals surface area contributed by atoms with Gasteiger partial charge in [-0.15, -0.1) is 0 Å². The Balaban J connectivity index is 0.00000129. The van der Waals surface area contributed by atoms with Crippen LogP contribution in [0.5, 0.6) is 0 Å². The third-order valence-corrected chi connectivity index (χ3v) is 16.5. The number of amides is 2. The molecule has 111 heavy (non-hydrogen) atoms. The minimum absolute atomic E-state index is 0.235. The third-order valence-electron chi connectivity index (χ3n) is 15.8. The Morgan fingerprint density at radius 2 is 0.892 bits per heavy atom. The topological polar surface area (TPSA) is 390 Å². The lowest BCUT2D eigenvalue weighted by atomic mass is 9.74. The number of carbonyl (C=O) groups excluding carboxylic acids is 8. The van der Waals surface area contributed by atoms with E-state index in [0.29, 0.717) is 54.6 Å². The van der Waals surface area contributed by atoms with Gasteiger partial charge in [0.2, 0.25) is 0 Å². The molecule has 0 spiro atoms. The van der Waals surface area contributed by atoms with Gasteiger partial charge in [-0.25, -0.2) is 48.3 Å². The molecule has 5 N–H and O–H groups in total. The van der Waals surface area contributed by atoms with Crippen LogP contribution in [0.4, 0.5) is 19.2 Å². The summed E-state index contributed by atoms with van der Waals surface area (Å²) in [5, 5.41) is 24.2. The number of carbonyl (C=O) groups is 8. The Morgan fingerprint density at radius 3 is 1.26 bits per heavy atom. The van der Waals surface area contributed by atoms with Crippen molar-refractivity contribution in [2.24, 2.45) is 11.8 Å². The van der Waals surface area contributed by atoms with Gasteiger partial charge in [0.05, 0.1) is 28.4 Å². The molecule has 0 radical (unpaired) electrons. The van der Waals surface area contributed by atoms with Crippen LogP contribution in [-0.2, 0) is 62.6 Å². The van der Waals surface area contributed by atoms with E-state index in [9.17, 15) is 38.4 Å². The van der Waals surface area contributed by atoms with Crippen LogP contribution in [-0.4, -0.2) is 216 Å².